The van der Waals surface area contributed by atoms with Crippen LogP contribution >= 0.6 is 11.8 Å². The summed E-state index contributed by atoms with van der Waals surface area (Å²) < 4.78 is 19.8. The van der Waals surface area contributed by atoms with Gasteiger partial charge in [-0.2, -0.15) is 4.68 Å². The summed E-state index contributed by atoms with van der Waals surface area (Å²) in [6.45, 7) is 5.46. The number of carbonyl (C=O) groups is 1. The minimum Gasteiger partial charge on any atom is -0.496 e. The molecule has 0 saturated carbocycles. The van der Waals surface area contributed by atoms with Gasteiger partial charge >= 0.3 is 0 Å². The quantitative estimate of drug-likeness (QED) is 0.212. The second kappa shape index (κ2) is 10.5. The summed E-state index contributed by atoms with van der Waals surface area (Å²) in [6, 6.07) is 9.77. The number of benzene rings is 1. The average Bonchev–Trinajstić information content (AvgIpc) is 3.23. The maximum Gasteiger partial charge on any atom is 0.284 e. The van der Waals surface area contributed by atoms with Crippen molar-refractivity contribution in [3.05, 3.63) is 96.3 Å². The minimum absolute atomic E-state index is 0.297. The lowest BCUT2D eigenvalue weighted by atomic mass is 10.2. The van der Waals surface area contributed by atoms with E-state index in [-0.39, 0.29) is 5.82 Å². The minimum atomic E-state index is -0.404. The Morgan fingerprint density at radius 3 is 2.68 bits per heavy atom. The molecule has 0 atom stereocenters. The number of methoxy groups -OCH3 is 1. The molecule has 0 spiro atoms. The van der Waals surface area contributed by atoms with Gasteiger partial charge in [0.05, 0.1) is 12.7 Å². The van der Waals surface area contributed by atoms with E-state index in [1.807, 2.05) is 6.07 Å². The maximum atomic E-state index is 13.4. The van der Waals surface area contributed by atoms with Crippen LogP contribution in [0.3, 0.4) is 0 Å². The summed E-state index contributed by atoms with van der Waals surface area (Å²) in [6.07, 6.45) is 8.06. The number of rotatable bonds is 8. The van der Waals surface area contributed by atoms with E-state index in [0.29, 0.717) is 33.6 Å². The molecular formula is C23H21FN4O2S. The van der Waals surface area contributed by atoms with Crippen LogP contribution in [0.2, 0.25) is 0 Å². The molecule has 0 amide bonds. The van der Waals surface area contributed by atoms with Crippen molar-refractivity contribution in [2.75, 3.05) is 7.11 Å². The topological polar surface area (TPSA) is 69.9 Å². The zero-order valence-corrected chi connectivity index (χ0v) is 18.0. The molecule has 0 saturated heterocycles. The fraction of sp³-hybridized carbons (Fsp3) is 0.130. The van der Waals surface area contributed by atoms with Crippen molar-refractivity contribution in [1.82, 2.24) is 19.7 Å². The Kier molecular flexibility index (Phi) is 7.50. The van der Waals surface area contributed by atoms with Gasteiger partial charge in [-0.15, -0.1) is 5.10 Å². The Morgan fingerprint density at radius 2 is 2.06 bits per heavy atom. The van der Waals surface area contributed by atoms with E-state index >= 15 is 0 Å². The highest BCUT2D eigenvalue weighted by Crippen LogP contribution is 2.26. The molecule has 6 nitrogen and oxygen atoms in total. The van der Waals surface area contributed by atoms with Crippen LogP contribution in [0.4, 0.5) is 4.39 Å². The number of thioether (sulfide) groups is 1. The van der Waals surface area contributed by atoms with Gasteiger partial charge in [0.1, 0.15) is 11.6 Å². The lowest BCUT2D eigenvalue weighted by molar-refractivity contribution is 0.0921. The Hall–Kier alpha value is -3.52. The Bertz CT molecular complexity index is 1120. The number of aromatic nitrogens is 4. The van der Waals surface area contributed by atoms with Crippen molar-refractivity contribution in [1.29, 1.82) is 0 Å². The number of carbonyl (C=O) groups excluding carboxylic acids is 1. The van der Waals surface area contributed by atoms with Gasteiger partial charge in [-0.25, -0.2) is 9.37 Å². The standard InChI is InChI=1S/C23H21FN4O2S/c1-4-7-19(20(5-2)30-3)22(29)28-23(31-15-16-9-11-18(24)12-10-16)26-21(27-28)17-8-6-13-25-14-17/h4-14H,1,15H2,2-3H3/b19-7+,20-5+. The maximum absolute atomic E-state index is 13.4. The Balaban J connectivity index is 2.00. The van der Waals surface area contributed by atoms with E-state index in [2.05, 4.69) is 21.6 Å². The fourth-order valence-corrected chi connectivity index (χ4v) is 3.63. The van der Waals surface area contributed by atoms with Crippen molar-refractivity contribution in [2.45, 2.75) is 17.8 Å². The highest BCUT2D eigenvalue weighted by Gasteiger charge is 2.23. The summed E-state index contributed by atoms with van der Waals surface area (Å²) in [5, 5.41) is 4.84. The molecule has 31 heavy (non-hydrogen) atoms. The van der Waals surface area contributed by atoms with Crippen LogP contribution < -0.4 is 0 Å². The van der Waals surface area contributed by atoms with Crippen LogP contribution in [0.1, 0.15) is 17.3 Å². The predicted molar refractivity (Wildman–Crippen MR) is 119 cm³/mol. The highest BCUT2D eigenvalue weighted by molar-refractivity contribution is 7.98. The van der Waals surface area contributed by atoms with Gasteiger partial charge in [0.2, 0.25) is 0 Å². The Labute approximate surface area is 184 Å². The van der Waals surface area contributed by atoms with E-state index in [1.54, 1.807) is 49.7 Å². The molecule has 0 fully saturated rings. The third-order valence-corrected chi connectivity index (χ3v) is 5.23. The summed E-state index contributed by atoms with van der Waals surface area (Å²) in [4.78, 5) is 22.0. The van der Waals surface area contributed by atoms with E-state index in [0.717, 1.165) is 5.56 Å². The second-order valence-corrected chi connectivity index (χ2v) is 7.21. The average molecular weight is 437 g/mol. The van der Waals surface area contributed by atoms with E-state index < -0.39 is 5.91 Å². The summed E-state index contributed by atoms with van der Waals surface area (Å²) in [5.41, 5.74) is 1.88. The number of hydrogen-bond acceptors (Lipinski definition) is 6. The van der Waals surface area contributed by atoms with Crippen molar-refractivity contribution in [3.63, 3.8) is 0 Å². The Morgan fingerprint density at radius 1 is 1.29 bits per heavy atom. The number of hydrogen-bond donors (Lipinski definition) is 0. The molecular weight excluding hydrogens is 415 g/mol. The number of halogens is 1. The van der Waals surface area contributed by atoms with Crippen LogP contribution in [-0.4, -0.2) is 32.8 Å². The van der Waals surface area contributed by atoms with Gasteiger partial charge in [0, 0.05) is 23.7 Å². The molecule has 0 aliphatic rings. The lowest BCUT2D eigenvalue weighted by Gasteiger charge is -2.10. The highest BCUT2D eigenvalue weighted by atomic mass is 32.2. The molecule has 0 aliphatic carbocycles. The lowest BCUT2D eigenvalue weighted by Crippen LogP contribution is -2.18. The zero-order valence-electron chi connectivity index (χ0n) is 17.2. The molecule has 1 aromatic carbocycles. The third-order valence-electron chi connectivity index (χ3n) is 4.23. The number of allylic oxidation sites excluding steroid dienone is 4. The summed E-state index contributed by atoms with van der Waals surface area (Å²) in [7, 11) is 1.49. The molecule has 0 N–H and O–H groups in total. The smallest absolute Gasteiger partial charge is 0.284 e. The molecule has 3 aromatic rings. The molecule has 0 bridgehead atoms. The molecule has 0 aliphatic heterocycles. The van der Waals surface area contributed by atoms with Crippen LogP contribution in [0.15, 0.2) is 90.1 Å². The van der Waals surface area contributed by atoms with Crippen molar-refractivity contribution in [3.8, 4) is 11.4 Å². The van der Waals surface area contributed by atoms with Crippen molar-refractivity contribution < 1.29 is 13.9 Å². The summed E-state index contributed by atoms with van der Waals surface area (Å²) >= 11 is 1.32. The first kappa shape index (κ1) is 22.2. The molecule has 0 radical (unpaired) electrons. The molecule has 3 rings (SSSR count). The van der Waals surface area contributed by atoms with Crippen LogP contribution in [0.5, 0.6) is 0 Å². The monoisotopic (exact) mass is 436 g/mol. The van der Waals surface area contributed by atoms with Crippen LogP contribution in [0.25, 0.3) is 11.4 Å². The molecule has 2 aromatic heterocycles. The number of pyridine rings is 1. The zero-order chi connectivity index (χ0) is 22.2. The van der Waals surface area contributed by atoms with Gasteiger partial charge in [0.25, 0.3) is 5.91 Å². The third kappa shape index (κ3) is 5.35. The predicted octanol–water partition coefficient (Wildman–Crippen LogP) is 5.07. The summed E-state index contributed by atoms with van der Waals surface area (Å²) in [5.74, 6) is 0.556. The normalized spacial score (nSPS) is 12.0. The molecule has 8 heteroatoms. The molecule has 158 valence electrons. The first-order valence-corrected chi connectivity index (χ1v) is 10.4. The largest absolute Gasteiger partial charge is 0.496 e. The van der Waals surface area contributed by atoms with Crippen LogP contribution in [0, 0.1) is 5.82 Å². The van der Waals surface area contributed by atoms with Crippen molar-refractivity contribution >= 4 is 17.7 Å². The van der Waals surface area contributed by atoms with E-state index in [1.165, 1.54) is 41.8 Å². The fourth-order valence-electron chi connectivity index (χ4n) is 2.74. The van der Waals surface area contributed by atoms with Gasteiger partial charge in [-0.1, -0.05) is 36.5 Å². The number of nitrogens with zero attached hydrogens (tertiary/aromatic N) is 4. The van der Waals surface area contributed by atoms with Gasteiger partial charge in [-0.3, -0.25) is 9.78 Å². The number of ether oxygens (including phenoxy) is 1. The first-order chi connectivity index (χ1) is 15.1. The van der Waals surface area contributed by atoms with Gasteiger partial charge in [-0.05, 0) is 48.9 Å². The van der Waals surface area contributed by atoms with Gasteiger partial charge in [0.15, 0.2) is 11.0 Å². The molecule has 2 heterocycles. The van der Waals surface area contributed by atoms with Gasteiger partial charge < -0.3 is 4.74 Å². The SMILES string of the molecule is C=C/C=C(C(=O)n1nc(-c2cccnc2)nc1SCc1ccc(F)cc1)\C(=C/C)OC. The first-order valence-electron chi connectivity index (χ1n) is 9.40. The molecule has 0 unspecified atom stereocenters. The second-order valence-electron chi connectivity index (χ2n) is 6.26. The van der Waals surface area contributed by atoms with E-state index in [9.17, 15) is 9.18 Å². The van der Waals surface area contributed by atoms with E-state index in [4.69, 9.17) is 4.74 Å². The van der Waals surface area contributed by atoms with Crippen molar-refractivity contribution in [2.24, 2.45) is 0 Å². The van der Waals surface area contributed by atoms with Crippen LogP contribution in [-0.2, 0) is 10.5 Å².